The minimum atomic E-state index is -0.508. The Kier molecular flexibility index (Phi) is 5.34. The highest BCUT2D eigenvalue weighted by molar-refractivity contribution is 6.31. The summed E-state index contributed by atoms with van der Waals surface area (Å²) < 4.78 is 16.4. The largest absolute Gasteiger partial charge is 0.506 e. The molecule has 0 saturated heterocycles. The molecule has 1 aromatic heterocycles. The van der Waals surface area contributed by atoms with Gasteiger partial charge in [0, 0.05) is 5.02 Å². The van der Waals surface area contributed by atoms with E-state index in [1.165, 1.54) is 24.3 Å². The Hall–Kier alpha value is -3.12. The third-order valence-electron chi connectivity index (χ3n) is 3.53. The summed E-state index contributed by atoms with van der Waals surface area (Å²) in [5, 5.41) is 12.7. The van der Waals surface area contributed by atoms with Crippen LogP contribution in [0.25, 0.3) is 0 Å². The Balaban J connectivity index is 1.65. The molecule has 6 nitrogen and oxygen atoms in total. The third-order valence-corrected chi connectivity index (χ3v) is 3.77. The lowest BCUT2D eigenvalue weighted by molar-refractivity contribution is 0.0992. The van der Waals surface area contributed by atoms with Crippen LogP contribution in [-0.4, -0.2) is 18.1 Å². The molecule has 3 aromatic rings. The molecule has 0 radical (unpaired) electrons. The Morgan fingerprint density at radius 2 is 1.92 bits per heavy atom. The van der Waals surface area contributed by atoms with E-state index in [0.29, 0.717) is 22.3 Å². The summed E-state index contributed by atoms with van der Waals surface area (Å²) in [7, 11) is 1.56. The van der Waals surface area contributed by atoms with E-state index in [1.807, 2.05) is 12.1 Å². The molecule has 26 heavy (non-hydrogen) atoms. The molecule has 0 aliphatic carbocycles. The van der Waals surface area contributed by atoms with Gasteiger partial charge in [0.1, 0.15) is 18.1 Å². The monoisotopic (exact) mass is 373 g/mol. The molecular formula is C19H16ClNO5. The number of carbonyl (C=O) groups excluding carboxylic acids is 1. The number of nitrogens with one attached hydrogen (secondary N) is 1. The molecule has 3 rings (SSSR count). The molecular weight excluding hydrogens is 358 g/mol. The normalized spacial score (nSPS) is 10.4. The summed E-state index contributed by atoms with van der Waals surface area (Å²) in [6.07, 6.45) is 0. The molecule has 134 valence electrons. The summed E-state index contributed by atoms with van der Waals surface area (Å²) >= 11 is 5.86. The Labute approximate surface area is 154 Å². The van der Waals surface area contributed by atoms with Crippen LogP contribution in [0.1, 0.15) is 16.3 Å². The third kappa shape index (κ3) is 4.10. The second-order valence-corrected chi connectivity index (χ2v) is 5.76. The van der Waals surface area contributed by atoms with Crippen LogP contribution < -0.4 is 14.8 Å². The first-order valence-electron chi connectivity index (χ1n) is 7.71. The molecule has 0 saturated carbocycles. The number of anilines is 1. The van der Waals surface area contributed by atoms with E-state index in [9.17, 15) is 9.90 Å². The maximum atomic E-state index is 12.2. The first-order chi connectivity index (χ1) is 12.6. The highest BCUT2D eigenvalue weighted by Gasteiger charge is 2.14. The average molecular weight is 374 g/mol. The molecule has 0 bridgehead atoms. The predicted molar refractivity (Wildman–Crippen MR) is 97.1 cm³/mol. The number of rotatable bonds is 6. The van der Waals surface area contributed by atoms with E-state index >= 15 is 0 Å². The maximum absolute atomic E-state index is 12.2. The van der Waals surface area contributed by atoms with Gasteiger partial charge in [0.2, 0.25) is 0 Å². The van der Waals surface area contributed by atoms with E-state index in [2.05, 4.69) is 5.32 Å². The van der Waals surface area contributed by atoms with Crippen molar-refractivity contribution in [1.29, 1.82) is 0 Å². The molecule has 0 fully saturated rings. The number of carbonyl (C=O) groups is 1. The number of hydrogen-bond acceptors (Lipinski definition) is 5. The van der Waals surface area contributed by atoms with Crippen molar-refractivity contribution in [2.45, 2.75) is 6.61 Å². The van der Waals surface area contributed by atoms with Crippen molar-refractivity contribution in [3.05, 3.63) is 71.1 Å². The number of ether oxygens (including phenoxy) is 2. The van der Waals surface area contributed by atoms with Gasteiger partial charge in [-0.25, -0.2) is 0 Å². The van der Waals surface area contributed by atoms with Gasteiger partial charge in [-0.1, -0.05) is 23.7 Å². The topological polar surface area (TPSA) is 80.9 Å². The number of benzene rings is 2. The Morgan fingerprint density at radius 3 is 2.69 bits per heavy atom. The molecule has 0 unspecified atom stereocenters. The number of furan rings is 1. The van der Waals surface area contributed by atoms with Crippen molar-refractivity contribution in [3.8, 4) is 17.2 Å². The van der Waals surface area contributed by atoms with Crippen LogP contribution in [0.15, 0.2) is 59.0 Å². The number of amides is 1. The molecule has 1 heterocycles. The number of phenols is 1. The number of hydrogen-bond donors (Lipinski definition) is 2. The summed E-state index contributed by atoms with van der Waals surface area (Å²) in [5.41, 5.74) is 0.200. The lowest BCUT2D eigenvalue weighted by atomic mass is 10.3. The highest BCUT2D eigenvalue weighted by atomic mass is 35.5. The maximum Gasteiger partial charge on any atom is 0.291 e. The van der Waals surface area contributed by atoms with Gasteiger partial charge in [-0.05, 0) is 42.5 Å². The molecule has 0 aliphatic rings. The van der Waals surface area contributed by atoms with E-state index in [1.54, 1.807) is 25.3 Å². The first-order valence-corrected chi connectivity index (χ1v) is 8.09. The molecule has 0 aliphatic heterocycles. The minimum Gasteiger partial charge on any atom is -0.506 e. The summed E-state index contributed by atoms with van der Waals surface area (Å²) in [6, 6.07) is 14.8. The predicted octanol–water partition coefficient (Wildman–Crippen LogP) is 4.48. The number of halogens is 1. The highest BCUT2D eigenvalue weighted by Crippen LogP contribution is 2.28. The Morgan fingerprint density at radius 1 is 1.15 bits per heavy atom. The lowest BCUT2D eigenvalue weighted by Gasteiger charge is -2.09. The standard InChI is InChI=1S/C19H16ClNO5/c1-24-16-4-2-3-5-17(16)25-11-13-7-9-18(26-13)19(23)21-14-10-12(20)6-8-15(14)22/h2-10,22H,11H2,1H3,(H,21,23). The fourth-order valence-corrected chi connectivity index (χ4v) is 2.43. The molecule has 2 N–H and O–H groups in total. The van der Waals surface area contributed by atoms with Crippen LogP contribution in [-0.2, 0) is 6.61 Å². The Bertz CT molecular complexity index is 922. The molecule has 1 amide bonds. The number of aromatic hydroxyl groups is 1. The van der Waals surface area contributed by atoms with Crippen LogP contribution in [0.5, 0.6) is 17.2 Å². The average Bonchev–Trinajstić information content (AvgIpc) is 3.12. The van der Waals surface area contributed by atoms with Crippen molar-refractivity contribution >= 4 is 23.2 Å². The molecule has 0 atom stereocenters. The number of phenolic OH excluding ortho intramolecular Hbond substituents is 1. The van der Waals surface area contributed by atoms with Gasteiger partial charge in [-0.3, -0.25) is 4.79 Å². The van der Waals surface area contributed by atoms with Crippen LogP contribution in [0.2, 0.25) is 5.02 Å². The van der Waals surface area contributed by atoms with Crippen molar-refractivity contribution < 1.29 is 23.8 Å². The van der Waals surface area contributed by atoms with E-state index in [4.69, 9.17) is 25.5 Å². The fourth-order valence-electron chi connectivity index (χ4n) is 2.26. The van der Waals surface area contributed by atoms with Crippen molar-refractivity contribution in [2.75, 3.05) is 12.4 Å². The van der Waals surface area contributed by atoms with Crippen molar-refractivity contribution in [3.63, 3.8) is 0 Å². The van der Waals surface area contributed by atoms with E-state index < -0.39 is 5.91 Å². The molecule has 7 heteroatoms. The van der Waals surface area contributed by atoms with Gasteiger partial charge in [0.05, 0.1) is 12.8 Å². The number of methoxy groups -OCH3 is 1. The quantitative estimate of drug-likeness (QED) is 0.623. The zero-order chi connectivity index (χ0) is 18.5. The van der Waals surface area contributed by atoms with Crippen LogP contribution in [0, 0.1) is 0 Å². The SMILES string of the molecule is COc1ccccc1OCc1ccc(C(=O)Nc2cc(Cl)ccc2O)o1. The summed E-state index contributed by atoms with van der Waals surface area (Å²) in [6.45, 7) is 0.135. The smallest absolute Gasteiger partial charge is 0.291 e. The van der Waals surface area contributed by atoms with Gasteiger partial charge in [0.15, 0.2) is 17.3 Å². The second-order valence-electron chi connectivity index (χ2n) is 5.32. The molecule has 2 aromatic carbocycles. The first kappa shape index (κ1) is 17.7. The second kappa shape index (κ2) is 7.84. The lowest BCUT2D eigenvalue weighted by Crippen LogP contribution is -2.11. The number of para-hydroxylation sites is 2. The minimum absolute atomic E-state index is 0.0861. The zero-order valence-electron chi connectivity index (χ0n) is 13.9. The van der Waals surface area contributed by atoms with Gasteiger partial charge >= 0.3 is 0 Å². The zero-order valence-corrected chi connectivity index (χ0v) is 14.6. The summed E-state index contributed by atoms with van der Waals surface area (Å²) in [4.78, 5) is 12.2. The van der Waals surface area contributed by atoms with Gasteiger partial charge in [-0.15, -0.1) is 0 Å². The fraction of sp³-hybridized carbons (Fsp3) is 0.105. The van der Waals surface area contributed by atoms with Crippen LogP contribution >= 0.6 is 11.6 Å². The van der Waals surface area contributed by atoms with Crippen LogP contribution in [0.4, 0.5) is 5.69 Å². The van der Waals surface area contributed by atoms with E-state index in [-0.39, 0.29) is 23.8 Å². The van der Waals surface area contributed by atoms with Crippen LogP contribution in [0.3, 0.4) is 0 Å². The van der Waals surface area contributed by atoms with Gasteiger partial charge in [0.25, 0.3) is 5.91 Å². The van der Waals surface area contributed by atoms with Crippen molar-refractivity contribution in [1.82, 2.24) is 0 Å². The van der Waals surface area contributed by atoms with Crippen molar-refractivity contribution in [2.24, 2.45) is 0 Å². The van der Waals surface area contributed by atoms with E-state index in [0.717, 1.165) is 0 Å². The molecule has 0 spiro atoms. The van der Waals surface area contributed by atoms with Gasteiger partial charge in [-0.2, -0.15) is 0 Å². The van der Waals surface area contributed by atoms with Gasteiger partial charge < -0.3 is 24.3 Å². The summed E-state index contributed by atoms with van der Waals surface area (Å²) in [5.74, 6) is 1.13.